The average molecular weight is 246 g/mol. The van der Waals surface area contributed by atoms with Crippen molar-refractivity contribution in [3.63, 3.8) is 0 Å². The second-order valence-corrected chi connectivity index (χ2v) is 4.01. The minimum Gasteiger partial charge on any atom is -0.427 e. The highest BCUT2D eigenvalue weighted by Crippen LogP contribution is 2.26. The molecule has 0 spiro atoms. The maximum Gasteiger partial charge on any atom is 0.308 e. The zero-order chi connectivity index (χ0) is 13.3. The topological polar surface area (TPSA) is 71.2 Å². The number of aromatic nitrogens is 1. The van der Waals surface area contributed by atoms with Crippen LogP contribution in [-0.4, -0.2) is 23.9 Å². The normalized spacial score (nSPS) is 10.4. The van der Waals surface area contributed by atoms with Crippen molar-refractivity contribution in [1.82, 2.24) is 10.3 Å². The third-order valence-electron chi connectivity index (χ3n) is 2.67. The first kappa shape index (κ1) is 12.2. The molecule has 1 aromatic heterocycles. The number of benzene rings is 1. The van der Waals surface area contributed by atoms with Gasteiger partial charge in [-0.2, -0.15) is 0 Å². The fourth-order valence-electron chi connectivity index (χ4n) is 1.95. The third-order valence-corrected chi connectivity index (χ3v) is 2.67. The number of ether oxygens (including phenoxy) is 1. The Hall–Kier alpha value is -2.30. The van der Waals surface area contributed by atoms with Gasteiger partial charge in [0.05, 0.1) is 5.56 Å². The van der Waals surface area contributed by atoms with Crippen LogP contribution in [0, 0.1) is 6.92 Å². The molecule has 0 radical (unpaired) electrons. The molecular weight excluding hydrogens is 232 g/mol. The van der Waals surface area contributed by atoms with Gasteiger partial charge in [0.1, 0.15) is 5.75 Å². The molecule has 2 rings (SSSR count). The van der Waals surface area contributed by atoms with Crippen molar-refractivity contribution in [2.24, 2.45) is 0 Å². The molecular formula is C13H14N2O3. The van der Waals surface area contributed by atoms with Crippen LogP contribution in [0.1, 0.15) is 23.0 Å². The lowest BCUT2D eigenvalue weighted by atomic mass is 10.1. The van der Waals surface area contributed by atoms with Gasteiger partial charge < -0.3 is 15.0 Å². The Morgan fingerprint density at radius 2 is 2.06 bits per heavy atom. The summed E-state index contributed by atoms with van der Waals surface area (Å²) in [4.78, 5) is 25.8. The number of H-pyrrole nitrogens is 1. The van der Waals surface area contributed by atoms with Gasteiger partial charge in [0.2, 0.25) is 0 Å². The average Bonchev–Trinajstić information content (AvgIpc) is 2.63. The van der Waals surface area contributed by atoms with E-state index in [0.29, 0.717) is 11.3 Å². The molecule has 5 nitrogen and oxygen atoms in total. The lowest BCUT2D eigenvalue weighted by molar-refractivity contribution is -0.131. The van der Waals surface area contributed by atoms with E-state index in [1.165, 1.54) is 6.92 Å². The summed E-state index contributed by atoms with van der Waals surface area (Å²) in [5, 5.41) is 3.34. The van der Waals surface area contributed by atoms with Crippen molar-refractivity contribution in [2.75, 3.05) is 7.05 Å². The Morgan fingerprint density at radius 1 is 1.33 bits per heavy atom. The van der Waals surface area contributed by atoms with E-state index in [0.717, 1.165) is 16.6 Å². The van der Waals surface area contributed by atoms with Crippen molar-refractivity contribution >= 4 is 22.8 Å². The highest BCUT2D eigenvalue weighted by molar-refractivity contribution is 6.08. The zero-order valence-electron chi connectivity index (χ0n) is 10.5. The maximum atomic E-state index is 11.8. The second kappa shape index (κ2) is 4.52. The molecule has 0 fully saturated rings. The smallest absolute Gasteiger partial charge is 0.308 e. The van der Waals surface area contributed by atoms with Crippen molar-refractivity contribution < 1.29 is 14.3 Å². The van der Waals surface area contributed by atoms with E-state index in [4.69, 9.17) is 4.74 Å². The van der Waals surface area contributed by atoms with E-state index < -0.39 is 0 Å². The summed E-state index contributed by atoms with van der Waals surface area (Å²) in [7, 11) is 1.58. The molecule has 0 atom stereocenters. The van der Waals surface area contributed by atoms with Crippen LogP contribution in [0.4, 0.5) is 0 Å². The molecule has 5 heteroatoms. The van der Waals surface area contributed by atoms with Gasteiger partial charge in [-0.1, -0.05) is 0 Å². The number of hydrogen-bond acceptors (Lipinski definition) is 3. The van der Waals surface area contributed by atoms with E-state index in [1.807, 2.05) is 6.92 Å². The van der Waals surface area contributed by atoms with Crippen LogP contribution in [0.2, 0.25) is 0 Å². The minimum absolute atomic E-state index is 0.168. The maximum absolute atomic E-state index is 11.8. The highest BCUT2D eigenvalue weighted by Gasteiger charge is 2.15. The van der Waals surface area contributed by atoms with E-state index in [1.54, 1.807) is 25.2 Å². The summed E-state index contributed by atoms with van der Waals surface area (Å²) in [6, 6.07) is 5.16. The van der Waals surface area contributed by atoms with Crippen LogP contribution in [0.3, 0.4) is 0 Å². The molecule has 0 unspecified atom stereocenters. The molecule has 1 aromatic carbocycles. The van der Waals surface area contributed by atoms with Gasteiger partial charge in [-0.05, 0) is 25.1 Å². The summed E-state index contributed by atoms with van der Waals surface area (Å²) in [5.41, 5.74) is 2.19. The van der Waals surface area contributed by atoms with Crippen molar-refractivity contribution in [3.8, 4) is 5.75 Å². The SMILES string of the molecule is CNC(=O)c1c(C)[nH]c2ccc(OC(C)=O)cc12. The first-order valence-electron chi connectivity index (χ1n) is 5.55. The predicted molar refractivity (Wildman–Crippen MR) is 67.7 cm³/mol. The van der Waals surface area contributed by atoms with Gasteiger partial charge in [-0.3, -0.25) is 9.59 Å². The number of aryl methyl sites for hydroxylation is 1. The van der Waals surface area contributed by atoms with Crippen LogP contribution in [0.15, 0.2) is 18.2 Å². The van der Waals surface area contributed by atoms with Crippen LogP contribution in [-0.2, 0) is 4.79 Å². The number of aromatic amines is 1. The largest absolute Gasteiger partial charge is 0.427 e. The molecule has 18 heavy (non-hydrogen) atoms. The Bertz CT molecular complexity index is 628. The number of carbonyl (C=O) groups is 2. The van der Waals surface area contributed by atoms with E-state index in [2.05, 4.69) is 10.3 Å². The fraction of sp³-hybridized carbons (Fsp3) is 0.231. The Morgan fingerprint density at radius 3 is 2.67 bits per heavy atom. The Balaban J connectivity index is 2.59. The molecule has 0 aliphatic heterocycles. The number of esters is 1. The summed E-state index contributed by atoms with van der Waals surface area (Å²) in [6.07, 6.45) is 0. The number of hydrogen-bond donors (Lipinski definition) is 2. The molecule has 0 saturated heterocycles. The number of rotatable bonds is 2. The van der Waals surface area contributed by atoms with E-state index >= 15 is 0 Å². The van der Waals surface area contributed by atoms with Crippen LogP contribution >= 0.6 is 0 Å². The van der Waals surface area contributed by atoms with Gasteiger partial charge >= 0.3 is 5.97 Å². The van der Waals surface area contributed by atoms with Crippen molar-refractivity contribution in [1.29, 1.82) is 0 Å². The van der Waals surface area contributed by atoms with E-state index in [9.17, 15) is 9.59 Å². The number of amides is 1. The lowest BCUT2D eigenvalue weighted by Crippen LogP contribution is -2.18. The minimum atomic E-state index is -0.386. The highest BCUT2D eigenvalue weighted by atomic mass is 16.5. The van der Waals surface area contributed by atoms with Gasteiger partial charge in [0, 0.05) is 30.6 Å². The van der Waals surface area contributed by atoms with Gasteiger partial charge in [-0.25, -0.2) is 0 Å². The molecule has 2 N–H and O–H groups in total. The van der Waals surface area contributed by atoms with Gasteiger partial charge in [0.15, 0.2) is 0 Å². The standard InChI is InChI=1S/C13H14N2O3/c1-7-12(13(17)14-3)10-6-9(18-8(2)16)4-5-11(10)15-7/h4-6,15H,1-3H3,(H,14,17). The summed E-state index contributed by atoms with van der Waals surface area (Å²) < 4.78 is 5.02. The molecule has 0 saturated carbocycles. The summed E-state index contributed by atoms with van der Waals surface area (Å²) >= 11 is 0. The number of nitrogens with one attached hydrogen (secondary N) is 2. The molecule has 1 amide bonds. The zero-order valence-corrected chi connectivity index (χ0v) is 10.5. The van der Waals surface area contributed by atoms with Crippen LogP contribution in [0.25, 0.3) is 10.9 Å². The molecule has 94 valence electrons. The summed E-state index contributed by atoms with van der Waals surface area (Å²) in [5.74, 6) is -0.124. The molecule has 1 heterocycles. The monoisotopic (exact) mass is 246 g/mol. The molecule has 0 aliphatic rings. The summed E-state index contributed by atoms with van der Waals surface area (Å²) in [6.45, 7) is 3.17. The first-order valence-corrected chi connectivity index (χ1v) is 5.55. The van der Waals surface area contributed by atoms with Gasteiger partial charge in [-0.15, -0.1) is 0 Å². The molecule has 0 aliphatic carbocycles. The molecule has 2 aromatic rings. The van der Waals surface area contributed by atoms with Gasteiger partial charge in [0.25, 0.3) is 5.91 Å². The molecule has 0 bridgehead atoms. The number of fused-ring (bicyclic) bond motifs is 1. The second-order valence-electron chi connectivity index (χ2n) is 4.01. The third kappa shape index (κ3) is 2.07. The quantitative estimate of drug-likeness (QED) is 0.626. The van der Waals surface area contributed by atoms with Crippen LogP contribution < -0.4 is 10.1 Å². The van der Waals surface area contributed by atoms with E-state index in [-0.39, 0.29) is 11.9 Å². The number of carbonyl (C=O) groups excluding carboxylic acids is 2. The van der Waals surface area contributed by atoms with Crippen molar-refractivity contribution in [2.45, 2.75) is 13.8 Å². The van der Waals surface area contributed by atoms with Crippen LogP contribution in [0.5, 0.6) is 5.75 Å². The lowest BCUT2D eigenvalue weighted by Gasteiger charge is -2.02. The Kier molecular flexibility index (Phi) is 3.06. The van der Waals surface area contributed by atoms with Crippen molar-refractivity contribution in [3.05, 3.63) is 29.5 Å². The predicted octanol–water partition coefficient (Wildman–Crippen LogP) is 1.76. The fourth-order valence-corrected chi connectivity index (χ4v) is 1.95. The first-order chi connectivity index (χ1) is 8.52. The Labute approximate surface area is 104 Å².